The summed E-state index contributed by atoms with van der Waals surface area (Å²) in [6, 6.07) is 23.4. The van der Waals surface area contributed by atoms with Crippen molar-refractivity contribution >= 4 is 11.7 Å². The van der Waals surface area contributed by atoms with Crippen LogP contribution in [-0.4, -0.2) is 22.1 Å². The van der Waals surface area contributed by atoms with Gasteiger partial charge in [-0.25, -0.2) is 14.2 Å². The molecule has 0 aliphatic heterocycles. The van der Waals surface area contributed by atoms with Crippen LogP contribution in [0.2, 0.25) is 0 Å². The van der Waals surface area contributed by atoms with Crippen LogP contribution in [-0.2, 0) is 24.3 Å². The highest BCUT2D eigenvalue weighted by Gasteiger charge is 2.15. The van der Waals surface area contributed by atoms with Gasteiger partial charge in [0, 0.05) is 37.8 Å². The van der Waals surface area contributed by atoms with E-state index in [9.17, 15) is 9.18 Å². The van der Waals surface area contributed by atoms with Gasteiger partial charge in [0.2, 0.25) is 0 Å². The summed E-state index contributed by atoms with van der Waals surface area (Å²) in [5.41, 5.74) is 3.41. The monoisotopic (exact) mass is 538 g/mol. The van der Waals surface area contributed by atoms with Crippen LogP contribution >= 0.6 is 0 Å². The van der Waals surface area contributed by atoms with Crippen LogP contribution in [0.25, 0.3) is 0 Å². The maximum absolute atomic E-state index is 13.5. The second-order valence-corrected chi connectivity index (χ2v) is 9.37. The minimum atomic E-state index is -0.346. The van der Waals surface area contributed by atoms with Crippen molar-refractivity contribution in [3.05, 3.63) is 138 Å². The summed E-state index contributed by atoms with van der Waals surface area (Å²) < 4.78 is 27.8. The van der Waals surface area contributed by atoms with Crippen LogP contribution in [0.15, 0.2) is 115 Å². The van der Waals surface area contributed by atoms with Crippen molar-refractivity contribution in [2.75, 3.05) is 11.9 Å². The van der Waals surface area contributed by atoms with Gasteiger partial charge < -0.3 is 24.7 Å². The molecule has 0 radical (unpaired) electrons. The number of benzene rings is 3. The molecule has 1 heterocycles. The fourth-order valence-electron chi connectivity index (χ4n) is 4.38. The van der Waals surface area contributed by atoms with E-state index in [1.165, 1.54) is 12.1 Å². The highest BCUT2D eigenvalue weighted by molar-refractivity contribution is 5.90. The lowest BCUT2D eigenvalue weighted by atomic mass is 10.1. The first-order chi connectivity index (χ1) is 19.6. The molecule has 5 rings (SSSR count). The Hall–Kier alpha value is -4.85. The molecule has 1 aliphatic rings. The molecule has 0 saturated heterocycles. The molecule has 2 amide bonds. The topological polar surface area (TPSA) is 77.4 Å². The molecule has 0 atom stereocenters. The molecule has 8 heteroatoms. The number of imidazole rings is 1. The number of hydrogen-bond acceptors (Lipinski definition) is 4. The van der Waals surface area contributed by atoms with Crippen LogP contribution in [0.5, 0.6) is 5.75 Å². The van der Waals surface area contributed by atoms with E-state index < -0.39 is 0 Å². The minimum Gasteiger partial charge on any atom is -0.489 e. The van der Waals surface area contributed by atoms with Crippen molar-refractivity contribution in [1.29, 1.82) is 0 Å². The van der Waals surface area contributed by atoms with Crippen molar-refractivity contribution in [3.63, 3.8) is 0 Å². The fourth-order valence-corrected chi connectivity index (χ4v) is 4.38. The molecule has 1 aliphatic carbocycles. The van der Waals surface area contributed by atoms with Gasteiger partial charge >= 0.3 is 6.03 Å². The van der Waals surface area contributed by atoms with Crippen molar-refractivity contribution in [2.24, 2.45) is 0 Å². The van der Waals surface area contributed by atoms with Gasteiger partial charge in [-0.15, -0.1) is 0 Å². The Morgan fingerprint density at radius 2 is 1.82 bits per heavy atom. The molecule has 0 saturated carbocycles. The molecule has 4 aromatic rings. The first kappa shape index (κ1) is 26.7. The maximum Gasteiger partial charge on any atom is 0.319 e. The molecule has 2 N–H and O–H groups in total. The third-order valence-corrected chi connectivity index (χ3v) is 6.40. The number of anilines is 1. The standard InChI is InChI=1S/C32H31FN4O3/c33-26-12-8-11-25(19-26)21-37-23-34-20-27(37)17-18-35-32(38)36-28-13-4-5-14-29(28)40-31-16-7-6-15-30(31)39-22-24-9-2-1-3-10-24/h1-5,7-14,16,19-20,23H,6,15,17-18,21-22H2,(H2,35,36,38). The molecule has 3 aromatic carbocycles. The Kier molecular flexibility index (Phi) is 8.88. The number of carbonyl (C=O) groups is 1. The van der Waals surface area contributed by atoms with E-state index in [4.69, 9.17) is 9.47 Å². The van der Waals surface area contributed by atoms with E-state index in [-0.39, 0.29) is 11.8 Å². The number of halogens is 1. The second-order valence-electron chi connectivity index (χ2n) is 9.37. The summed E-state index contributed by atoms with van der Waals surface area (Å²) in [4.78, 5) is 16.9. The van der Waals surface area contributed by atoms with Crippen molar-refractivity contribution in [3.8, 4) is 5.75 Å². The molecule has 204 valence electrons. The van der Waals surface area contributed by atoms with E-state index in [1.807, 2.05) is 71.3 Å². The van der Waals surface area contributed by atoms with Crippen LogP contribution in [0.1, 0.15) is 29.7 Å². The number of para-hydroxylation sites is 2. The lowest BCUT2D eigenvalue weighted by molar-refractivity contribution is 0.173. The Balaban J connectivity index is 1.17. The molecule has 0 unspecified atom stereocenters. The largest absolute Gasteiger partial charge is 0.489 e. The number of rotatable bonds is 11. The minimum absolute atomic E-state index is 0.270. The molecule has 1 aromatic heterocycles. The van der Waals surface area contributed by atoms with Crippen LogP contribution in [0.3, 0.4) is 0 Å². The average Bonchev–Trinajstić information content (AvgIpc) is 3.40. The zero-order valence-corrected chi connectivity index (χ0v) is 22.1. The van der Waals surface area contributed by atoms with Crippen LogP contribution in [0.4, 0.5) is 14.9 Å². The van der Waals surface area contributed by atoms with E-state index >= 15 is 0 Å². The predicted molar refractivity (Wildman–Crippen MR) is 152 cm³/mol. The van der Waals surface area contributed by atoms with E-state index in [0.29, 0.717) is 43.3 Å². The van der Waals surface area contributed by atoms with Crippen LogP contribution in [0, 0.1) is 5.82 Å². The molecule has 0 fully saturated rings. The molecular formula is C32H31FN4O3. The first-order valence-corrected chi connectivity index (χ1v) is 13.3. The molecular weight excluding hydrogens is 507 g/mol. The third kappa shape index (κ3) is 7.38. The summed E-state index contributed by atoms with van der Waals surface area (Å²) in [5, 5.41) is 5.78. The number of urea groups is 1. The Morgan fingerprint density at radius 1 is 1.00 bits per heavy atom. The zero-order chi connectivity index (χ0) is 27.6. The summed E-state index contributed by atoms with van der Waals surface area (Å²) >= 11 is 0. The van der Waals surface area contributed by atoms with Gasteiger partial charge in [0.25, 0.3) is 0 Å². The van der Waals surface area contributed by atoms with Gasteiger partial charge in [0.1, 0.15) is 18.2 Å². The summed E-state index contributed by atoms with van der Waals surface area (Å²) in [7, 11) is 0. The van der Waals surface area contributed by atoms with E-state index in [1.54, 1.807) is 24.7 Å². The number of hydrogen-bond donors (Lipinski definition) is 2. The predicted octanol–water partition coefficient (Wildman–Crippen LogP) is 6.59. The Labute approximate surface area is 233 Å². The zero-order valence-electron chi connectivity index (χ0n) is 22.1. The van der Waals surface area contributed by atoms with Gasteiger partial charge in [-0.2, -0.15) is 0 Å². The van der Waals surface area contributed by atoms with E-state index in [0.717, 1.165) is 35.4 Å². The average molecular weight is 539 g/mol. The number of nitrogens with one attached hydrogen (secondary N) is 2. The van der Waals surface area contributed by atoms with Crippen LogP contribution < -0.4 is 15.4 Å². The third-order valence-electron chi connectivity index (χ3n) is 6.40. The summed E-state index contributed by atoms with van der Waals surface area (Å²) in [6.45, 7) is 1.36. The first-order valence-electron chi connectivity index (χ1n) is 13.3. The number of ether oxygens (including phenoxy) is 2. The second kappa shape index (κ2) is 13.3. The lowest BCUT2D eigenvalue weighted by Crippen LogP contribution is -2.31. The van der Waals surface area contributed by atoms with Gasteiger partial charge in [0.05, 0.1) is 12.0 Å². The van der Waals surface area contributed by atoms with Gasteiger partial charge in [0.15, 0.2) is 11.5 Å². The van der Waals surface area contributed by atoms with Crippen molar-refractivity contribution in [1.82, 2.24) is 14.9 Å². The van der Waals surface area contributed by atoms with Crippen molar-refractivity contribution in [2.45, 2.75) is 32.4 Å². The molecule has 0 spiro atoms. The molecule has 7 nitrogen and oxygen atoms in total. The van der Waals surface area contributed by atoms with Gasteiger partial charge in [-0.05, 0) is 47.9 Å². The summed E-state index contributed by atoms with van der Waals surface area (Å²) in [5.74, 6) is 1.66. The van der Waals surface area contributed by atoms with Crippen molar-refractivity contribution < 1.29 is 18.7 Å². The highest BCUT2D eigenvalue weighted by atomic mass is 19.1. The number of amides is 2. The Morgan fingerprint density at radius 3 is 2.70 bits per heavy atom. The lowest BCUT2D eigenvalue weighted by Gasteiger charge is -2.19. The number of carbonyl (C=O) groups excluding carboxylic acids is 1. The van der Waals surface area contributed by atoms with Gasteiger partial charge in [-0.3, -0.25) is 0 Å². The number of allylic oxidation sites excluding steroid dienone is 3. The number of nitrogens with zero attached hydrogens (tertiary/aromatic N) is 2. The smallest absolute Gasteiger partial charge is 0.319 e. The summed E-state index contributed by atoms with van der Waals surface area (Å²) in [6.07, 6.45) is 9.61. The SMILES string of the molecule is O=C(NCCc1cncn1Cc1cccc(F)c1)Nc1ccccc1OC1=C(OCc2ccccc2)CCC=C1. The van der Waals surface area contributed by atoms with Gasteiger partial charge in [-0.1, -0.05) is 60.7 Å². The quantitative estimate of drug-likeness (QED) is 0.226. The van der Waals surface area contributed by atoms with E-state index in [2.05, 4.69) is 15.6 Å². The number of aromatic nitrogens is 2. The molecule has 40 heavy (non-hydrogen) atoms. The normalized spacial score (nSPS) is 12.7. The maximum atomic E-state index is 13.5. The molecule has 0 bridgehead atoms. The highest BCUT2D eigenvalue weighted by Crippen LogP contribution is 2.30. The fraction of sp³-hybridized carbons (Fsp3) is 0.188. The Bertz CT molecular complexity index is 1500.